The fourth-order valence-corrected chi connectivity index (χ4v) is 1.76. The number of carbonyl (C=O) groups excluding carboxylic acids is 1. The van der Waals surface area contributed by atoms with E-state index in [1.54, 1.807) is 4.90 Å². The molecule has 1 unspecified atom stereocenters. The summed E-state index contributed by atoms with van der Waals surface area (Å²) < 4.78 is 0. The summed E-state index contributed by atoms with van der Waals surface area (Å²) in [5.41, 5.74) is 0. The number of likely N-dealkylation sites (tertiary alicyclic amines) is 1. The van der Waals surface area contributed by atoms with Crippen molar-refractivity contribution in [1.29, 1.82) is 0 Å². The van der Waals surface area contributed by atoms with Gasteiger partial charge in [0, 0.05) is 19.5 Å². The van der Waals surface area contributed by atoms with Gasteiger partial charge in [0.15, 0.2) is 0 Å². The number of carboxylic acids is 1. The van der Waals surface area contributed by atoms with E-state index < -0.39 is 5.97 Å². The van der Waals surface area contributed by atoms with Crippen LogP contribution in [0, 0.1) is 5.92 Å². The van der Waals surface area contributed by atoms with E-state index in [0.717, 1.165) is 19.4 Å². The zero-order valence-corrected chi connectivity index (χ0v) is 8.53. The number of hydrogen-bond acceptors (Lipinski definition) is 2. The van der Waals surface area contributed by atoms with E-state index in [0.29, 0.717) is 18.9 Å². The maximum Gasteiger partial charge on any atom is 0.305 e. The number of piperidine rings is 1. The third-order valence-corrected chi connectivity index (χ3v) is 2.80. The van der Waals surface area contributed by atoms with Crippen LogP contribution >= 0.6 is 0 Å². The fourth-order valence-electron chi connectivity index (χ4n) is 1.76. The van der Waals surface area contributed by atoms with E-state index in [9.17, 15) is 9.59 Å². The molecule has 1 rings (SSSR count). The van der Waals surface area contributed by atoms with E-state index in [1.165, 1.54) is 0 Å². The molecule has 4 nitrogen and oxygen atoms in total. The van der Waals surface area contributed by atoms with Gasteiger partial charge in [-0.15, -0.1) is 0 Å². The topological polar surface area (TPSA) is 57.6 Å². The Morgan fingerprint density at radius 2 is 2.36 bits per heavy atom. The molecular formula is C10H17NO3. The lowest BCUT2D eigenvalue weighted by Gasteiger charge is -2.30. The van der Waals surface area contributed by atoms with Gasteiger partial charge in [-0.2, -0.15) is 0 Å². The van der Waals surface area contributed by atoms with Gasteiger partial charge in [-0.25, -0.2) is 0 Å². The van der Waals surface area contributed by atoms with Crippen molar-refractivity contribution in [3.05, 3.63) is 0 Å². The van der Waals surface area contributed by atoms with Crippen LogP contribution in [0.5, 0.6) is 0 Å². The number of amides is 1. The van der Waals surface area contributed by atoms with Gasteiger partial charge in [0.1, 0.15) is 0 Å². The normalized spacial score (nSPS) is 22.5. The van der Waals surface area contributed by atoms with E-state index in [-0.39, 0.29) is 12.3 Å². The molecule has 1 saturated heterocycles. The Kier molecular flexibility index (Phi) is 3.92. The number of carbonyl (C=O) groups is 2. The predicted molar refractivity (Wildman–Crippen MR) is 51.8 cm³/mol. The Labute approximate surface area is 83.9 Å². The second-order valence-corrected chi connectivity index (χ2v) is 3.79. The van der Waals surface area contributed by atoms with Gasteiger partial charge in [0.25, 0.3) is 0 Å². The highest BCUT2D eigenvalue weighted by atomic mass is 16.4. The molecule has 1 aliphatic rings. The molecule has 0 saturated carbocycles. The smallest absolute Gasteiger partial charge is 0.305 e. The molecule has 0 radical (unpaired) electrons. The standard InChI is InChI=1S/C10H17NO3/c1-2-8-3-5-11(9(12)7-8)6-4-10(13)14/h8H,2-7H2,1H3,(H,13,14). The summed E-state index contributed by atoms with van der Waals surface area (Å²) in [5, 5.41) is 8.49. The molecule has 0 bridgehead atoms. The molecule has 1 N–H and O–H groups in total. The third-order valence-electron chi connectivity index (χ3n) is 2.80. The minimum absolute atomic E-state index is 0.0581. The molecule has 0 aromatic carbocycles. The highest BCUT2D eigenvalue weighted by Gasteiger charge is 2.24. The van der Waals surface area contributed by atoms with Gasteiger partial charge in [-0.05, 0) is 12.3 Å². The van der Waals surface area contributed by atoms with Crippen LogP contribution in [0.3, 0.4) is 0 Å². The Morgan fingerprint density at radius 1 is 1.64 bits per heavy atom. The Hall–Kier alpha value is -1.06. The molecule has 1 heterocycles. The summed E-state index contributed by atoms with van der Waals surface area (Å²) >= 11 is 0. The van der Waals surface area contributed by atoms with Crippen molar-refractivity contribution in [2.75, 3.05) is 13.1 Å². The predicted octanol–water partition coefficient (Wildman–Crippen LogP) is 1.11. The lowest BCUT2D eigenvalue weighted by molar-refractivity contribution is -0.139. The highest BCUT2D eigenvalue weighted by Crippen LogP contribution is 2.20. The minimum Gasteiger partial charge on any atom is -0.481 e. The van der Waals surface area contributed by atoms with Gasteiger partial charge in [-0.3, -0.25) is 9.59 Å². The monoisotopic (exact) mass is 199 g/mol. The first kappa shape index (κ1) is 11.0. The minimum atomic E-state index is -0.838. The molecule has 0 aromatic heterocycles. The molecule has 1 atom stereocenters. The summed E-state index contributed by atoms with van der Waals surface area (Å²) in [6, 6.07) is 0. The first-order chi connectivity index (χ1) is 6.63. The molecule has 0 aromatic rings. The van der Waals surface area contributed by atoms with Crippen LogP contribution in [-0.4, -0.2) is 35.0 Å². The zero-order chi connectivity index (χ0) is 10.6. The maximum absolute atomic E-state index is 11.5. The SMILES string of the molecule is CCC1CCN(CCC(=O)O)C(=O)C1. The number of carboxylic acid groups (broad SMARTS) is 1. The van der Waals surface area contributed by atoms with Crippen molar-refractivity contribution in [2.24, 2.45) is 5.92 Å². The maximum atomic E-state index is 11.5. The fraction of sp³-hybridized carbons (Fsp3) is 0.800. The van der Waals surface area contributed by atoms with Crippen LogP contribution in [0.15, 0.2) is 0 Å². The van der Waals surface area contributed by atoms with Crippen LogP contribution in [0.25, 0.3) is 0 Å². The average molecular weight is 199 g/mol. The Bertz CT molecular complexity index is 227. The van der Waals surface area contributed by atoms with Crippen LogP contribution in [0.1, 0.15) is 32.6 Å². The molecule has 1 fully saturated rings. The van der Waals surface area contributed by atoms with Crippen molar-refractivity contribution < 1.29 is 14.7 Å². The molecular weight excluding hydrogens is 182 g/mol. The van der Waals surface area contributed by atoms with Gasteiger partial charge in [-0.1, -0.05) is 13.3 Å². The van der Waals surface area contributed by atoms with Crippen molar-refractivity contribution in [2.45, 2.75) is 32.6 Å². The summed E-state index contributed by atoms with van der Waals surface area (Å²) in [6.45, 7) is 3.18. The van der Waals surface area contributed by atoms with Gasteiger partial charge >= 0.3 is 5.97 Å². The summed E-state index contributed by atoms with van der Waals surface area (Å²) in [4.78, 5) is 23.5. The third kappa shape index (κ3) is 3.01. The van der Waals surface area contributed by atoms with E-state index >= 15 is 0 Å². The van der Waals surface area contributed by atoms with E-state index in [1.807, 2.05) is 0 Å². The number of rotatable bonds is 4. The molecule has 4 heteroatoms. The molecule has 14 heavy (non-hydrogen) atoms. The average Bonchev–Trinajstić information content (AvgIpc) is 2.15. The first-order valence-electron chi connectivity index (χ1n) is 5.13. The lowest BCUT2D eigenvalue weighted by Crippen LogP contribution is -2.39. The van der Waals surface area contributed by atoms with Crippen molar-refractivity contribution in [1.82, 2.24) is 4.90 Å². The van der Waals surface area contributed by atoms with Gasteiger partial charge in [0.2, 0.25) is 5.91 Å². The number of aliphatic carboxylic acids is 1. The molecule has 0 aliphatic carbocycles. The molecule has 1 amide bonds. The van der Waals surface area contributed by atoms with Crippen molar-refractivity contribution in [3.8, 4) is 0 Å². The van der Waals surface area contributed by atoms with Crippen molar-refractivity contribution in [3.63, 3.8) is 0 Å². The summed E-state index contributed by atoms with van der Waals surface area (Å²) in [7, 11) is 0. The van der Waals surface area contributed by atoms with Crippen molar-refractivity contribution >= 4 is 11.9 Å². The summed E-state index contributed by atoms with van der Waals surface area (Å²) in [5.74, 6) is -0.219. The van der Waals surface area contributed by atoms with Crippen LogP contribution in [-0.2, 0) is 9.59 Å². The summed E-state index contributed by atoms with van der Waals surface area (Å²) in [6.07, 6.45) is 2.71. The van der Waals surface area contributed by atoms with Crippen LogP contribution in [0.4, 0.5) is 0 Å². The first-order valence-corrected chi connectivity index (χ1v) is 5.13. The zero-order valence-electron chi connectivity index (χ0n) is 8.53. The largest absolute Gasteiger partial charge is 0.481 e. The van der Waals surface area contributed by atoms with Gasteiger partial charge < -0.3 is 10.0 Å². The molecule has 0 spiro atoms. The van der Waals surface area contributed by atoms with Gasteiger partial charge in [0.05, 0.1) is 6.42 Å². The Balaban J connectivity index is 2.34. The molecule has 1 aliphatic heterocycles. The highest BCUT2D eigenvalue weighted by molar-refractivity contribution is 5.78. The molecule has 80 valence electrons. The quantitative estimate of drug-likeness (QED) is 0.737. The second-order valence-electron chi connectivity index (χ2n) is 3.79. The van der Waals surface area contributed by atoms with Crippen LogP contribution < -0.4 is 0 Å². The number of nitrogens with zero attached hydrogens (tertiary/aromatic N) is 1. The second kappa shape index (κ2) is 4.98. The lowest BCUT2D eigenvalue weighted by atomic mass is 9.94. The van der Waals surface area contributed by atoms with E-state index in [2.05, 4.69) is 6.92 Å². The van der Waals surface area contributed by atoms with Crippen LogP contribution in [0.2, 0.25) is 0 Å². The Morgan fingerprint density at radius 3 is 2.86 bits per heavy atom. The number of hydrogen-bond donors (Lipinski definition) is 1. The van der Waals surface area contributed by atoms with E-state index in [4.69, 9.17) is 5.11 Å².